The van der Waals surface area contributed by atoms with Gasteiger partial charge in [0.15, 0.2) is 5.96 Å². The lowest BCUT2D eigenvalue weighted by Crippen LogP contribution is -2.38. The van der Waals surface area contributed by atoms with E-state index in [0.29, 0.717) is 38.6 Å². The van der Waals surface area contributed by atoms with E-state index in [4.69, 9.17) is 0 Å². The smallest absolute Gasteiger partial charge is 0.223 e. The summed E-state index contributed by atoms with van der Waals surface area (Å²) in [6, 6.07) is 13.1. The minimum atomic E-state index is -0.212. The van der Waals surface area contributed by atoms with Crippen LogP contribution in [-0.4, -0.2) is 36.6 Å². The number of hydrogen-bond donors (Lipinski definition) is 2. The van der Waals surface area contributed by atoms with Gasteiger partial charge in [-0.1, -0.05) is 30.3 Å². The van der Waals surface area contributed by atoms with Gasteiger partial charge in [-0.25, -0.2) is 4.39 Å². The molecule has 0 radical (unpaired) electrons. The fraction of sp³-hybridized carbons (Fsp3) is 0.391. The Morgan fingerprint density at radius 1 is 1.13 bits per heavy atom. The Labute approximate surface area is 182 Å². The number of thioether (sulfide) groups is 1. The van der Waals surface area contributed by atoms with E-state index in [9.17, 15) is 9.18 Å². The monoisotopic (exact) mass is 428 g/mol. The molecule has 0 aliphatic carbocycles. The van der Waals surface area contributed by atoms with Crippen LogP contribution in [0.2, 0.25) is 0 Å². The number of rotatable bonds is 8. The highest BCUT2D eigenvalue weighted by Gasteiger charge is 2.22. The van der Waals surface area contributed by atoms with E-state index in [2.05, 4.69) is 27.8 Å². The lowest BCUT2D eigenvalue weighted by Gasteiger charge is -2.16. The molecule has 1 heterocycles. The van der Waals surface area contributed by atoms with Crippen LogP contribution in [0.25, 0.3) is 0 Å². The van der Waals surface area contributed by atoms with Gasteiger partial charge in [-0.15, -0.1) is 0 Å². The van der Waals surface area contributed by atoms with Gasteiger partial charge >= 0.3 is 0 Å². The van der Waals surface area contributed by atoms with Crippen LogP contribution in [0.3, 0.4) is 0 Å². The zero-order valence-corrected chi connectivity index (χ0v) is 18.4. The fourth-order valence-electron chi connectivity index (χ4n) is 3.57. The molecule has 160 valence electrons. The van der Waals surface area contributed by atoms with Gasteiger partial charge in [0.1, 0.15) is 5.82 Å². The topological polar surface area (TPSA) is 56.7 Å². The molecule has 2 aromatic carbocycles. The molecule has 30 heavy (non-hydrogen) atoms. The van der Waals surface area contributed by atoms with E-state index < -0.39 is 0 Å². The van der Waals surface area contributed by atoms with Gasteiger partial charge in [-0.05, 0) is 47.1 Å². The lowest BCUT2D eigenvalue weighted by molar-refractivity contribution is -0.131. The minimum absolute atomic E-state index is 0.184. The SMILES string of the molecule is CN=C(NCCCC(=O)N1Cc2ccccc2C1)NCc1ccc(F)cc1CSC. The van der Waals surface area contributed by atoms with Crippen LogP contribution in [0.15, 0.2) is 47.5 Å². The van der Waals surface area contributed by atoms with Crippen LogP contribution in [0.4, 0.5) is 4.39 Å². The maximum atomic E-state index is 13.5. The summed E-state index contributed by atoms with van der Waals surface area (Å²) in [6.07, 6.45) is 3.25. The van der Waals surface area contributed by atoms with E-state index >= 15 is 0 Å². The maximum Gasteiger partial charge on any atom is 0.223 e. The highest BCUT2D eigenvalue weighted by atomic mass is 32.2. The number of hydrogen-bond acceptors (Lipinski definition) is 3. The number of benzene rings is 2. The van der Waals surface area contributed by atoms with Crippen molar-refractivity contribution in [2.75, 3.05) is 19.8 Å². The molecule has 0 spiro atoms. The number of nitrogens with zero attached hydrogens (tertiary/aromatic N) is 2. The first-order valence-corrected chi connectivity index (χ1v) is 11.6. The summed E-state index contributed by atoms with van der Waals surface area (Å²) < 4.78 is 13.5. The molecule has 5 nitrogen and oxygen atoms in total. The van der Waals surface area contributed by atoms with Gasteiger partial charge in [0.2, 0.25) is 5.91 Å². The number of amides is 1. The minimum Gasteiger partial charge on any atom is -0.356 e. The summed E-state index contributed by atoms with van der Waals surface area (Å²) in [7, 11) is 1.72. The first kappa shape index (κ1) is 22.2. The van der Waals surface area contributed by atoms with Gasteiger partial charge < -0.3 is 15.5 Å². The normalized spacial score (nSPS) is 13.3. The van der Waals surface area contributed by atoms with Crippen LogP contribution >= 0.6 is 11.8 Å². The van der Waals surface area contributed by atoms with Crippen molar-refractivity contribution in [1.82, 2.24) is 15.5 Å². The van der Waals surface area contributed by atoms with Crippen LogP contribution in [0.1, 0.15) is 35.1 Å². The highest BCUT2D eigenvalue weighted by molar-refractivity contribution is 7.97. The van der Waals surface area contributed by atoms with Crippen molar-refractivity contribution in [2.24, 2.45) is 4.99 Å². The second kappa shape index (κ2) is 11.0. The Hall–Kier alpha value is -2.54. The summed E-state index contributed by atoms with van der Waals surface area (Å²) in [6.45, 7) is 2.65. The third kappa shape index (κ3) is 5.98. The molecular formula is C23H29FN4OS. The lowest BCUT2D eigenvalue weighted by atomic mass is 10.1. The Morgan fingerprint density at radius 3 is 2.53 bits per heavy atom. The number of nitrogens with one attached hydrogen (secondary N) is 2. The summed E-state index contributed by atoms with van der Waals surface area (Å²) >= 11 is 1.67. The molecule has 2 N–H and O–H groups in total. The Balaban J connectivity index is 1.40. The predicted molar refractivity (Wildman–Crippen MR) is 122 cm³/mol. The molecule has 1 aliphatic heterocycles. The number of aliphatic imine (C=N–C) groups is 1. The van der Waals surface area contributed by atoms with Crippen molar-refractivity contribution in [3.63, 3.8) is 0 Å². The highest BCUT2D eigenvalue weighted by Crippen LogP contribution is 2.23. The molecular weight excluding hydrogens is 399 g/mol. The Kier molecular flexibility index (Phi) is 8.13. The molecule has 1 amide bonds. The first-order valence-electron chi connectivity index (χ1n) is 10.2. The number of halogens is 1. The van der Waals surface area contributed by atoms with Crippen LogP contribution < -0.4 is 10.6 Å². The number of carbonyl (C=O) groups excluding carboxylic acids is 1. The summed E-state index contributed by atoms with van der Waals surface area (Å²) in [5.74, 6) is 1.42. The molecule has 0 unspecified atom stereocenters. The van der Waals surface area contributed by atoms with E-state index in [1.165, 1.54) is 17.2 Å². The van der Waals surface area contributed by atoms with Crippen LogP contribution in [0, 0.1) is 5.82 Å². The quantitative estimate of drug-likeness (QED) is 0.383. The summed E-state index contributed by atoms with van der Waals surface area (Å²) in [4.78, 5) is 18.6. The van der Waals surface area contributed by atoms with Crippen molar-refractivity contribution in [3.05, 3.63) is 70.5 Å². The van der Waals surface area contributed by atoms with Gasteiger partial charge in [0.25, 0.3) is 0 Å². The molecule has 1 aliphatic rings. The number of carbonyl (C=O) groups is 1. The third-order valence-electron chi connectivity index (χ3n) is 5.19. The second-order valence-electron chi connectivity index (χ2n) is 7.32. The average molecular weight is 429 g/mol. The van der Waals surface area contributed by atoms with E-state index in [1.807, 2.05) is 29.4 Å². The first-order chi connectivity index (χ1) is 14.6. The van der Waals surface area contributed by atoms with Gasteiger partial charge in [-0.3, -0.25) is 9.79 Å². The largest absolute Gasteiger partial charge is 0.356 e. The third-order valence-corrected chi connectivity index (χ3v) is 5.79. The van der Waals surface area contributed by atoms with Crippen LogP contribution in [-0.2, 0) is 30.2 Å². The predicted octanol–water partition coefficient (Wildman–Crippen LogP) is 3.68. The summed E-state index contributed by atoms with van der Waals surface area (Å²) in [5, 5.41) is 6.53. The molecule has 2 aromatic rings. The second-order valence-corrected chi connectivity index (χ2v) is 8.19. The van der Waals surface area contributed by atoms with E-state index in [-0.39, 0.29) is 11.7 Å². The van der Waals surface area contributed by atoms with Gasteiger partial charge in [0, 0.05) is 45.4 Å². The Morgan fingerprint density at radius 2 is 1.87 bits per heavy atom. The molecule has 0 aromatic heterocycles. The van der Waals surface area contributed by atoms with Crippen LogP contribution in [0.5, 0.6) is 0 Å². The number of fused-ring (bicyclic) bond motifs is 1. The zero-order valence-electron chi connectivity index (χ0n) is 17.6. The van der Waals surface area contributed by atoms with Crippen molar-refractivity contribution in [3.8, 4) is 0 Å². The van der Waals surface area contributed by atoms with E-state index in [1.54, 1.807) is 24.9 Å². The van der Waals surface area contributed by atoms with Crippen molar-refractivity contribution in [1.29, 1.82) is 0 Å². The molecule has 0 saturated heterocycles. The van der Waals surface area contributed by atoms with Crippen molar-refractivity contribution in [2.45, 2.75) is 38.2 Å². The molecule has 0 atom stereocenters. The standard InChI is InChI=1S/C23H29FN4OS/c1-25-23(27-13-17-9-10-21(24)12-20(17)16-30-2)26-11-5-8-22(29)28-14-18-6-3-4-7-19(18)15-28/h3-4,6-7,9-10,12H,5,8,11,13-16H2,1-2H3,(H2,25,26,27). The summed E-state index contributed by atoms with van der Waals surface area (Å²) in [5.41, 5.74) is 4.53. The average Bonchev–Trinajstić information content (AvgIpc) is 3.19. The Bertz CT molecular complexity index is 878. The molecule has 3 rings (SSSR count). The molecule has 0 bridgehead atoms. The fourth-order valence-corrected chi connectivity index (χ4v) is 4.15. The molecule has 7 heteroatoms. The van der Waals surface area contributed by atoms with Crippen molar-refractivity contribution < 1.29 is 9.18 Å². The van der Waals surface area contributed by atoms with Crippen molar-refractivity contribution >= 4 is 23.6 Å². The molecule has 0 saturated carbocycles. The number of guanidine groups is 1. The van der Waals surface area contributed by atoms with Gasteiger partial charge in [0.05, 0.1) is 0 Å². The maximum absolute atomic E-state index is 13.5. The zero-order chi connectivity index (χ0) is 21.3. The van der Waals surface area contributed by atoms with Gasteiger partial charge in [-0.2, -0.15) is 11.8 Å². The van der Waals surface area contributed by atoms with E-state index in [0.717, 1.165) is 23.3 Å². The molecule has 0 fully saturated rings.